The number of aromatic nitrogens is 2. The van der Waals surface area contributed by atoms with Crippen molar-refractivity contribution >= 4 is 40.7 Å². The van der Waals surface area contributed by atoms with E-state index in [4.69, 9.17) is 23.2 Å². The van der Waals surface area contributed by atoms with Crippen molar-refractivity contribution in [2.24, 2.45) is 0 Å². The van der Waals surface area contributed by atoms with Crippen LogP contribution in [0.5, 0.6) is 0 Å². The number of hydrazine groups is 1. The van der Waals surface area contributed by atoms with Crippen LogP contribution in [-0.4, -0.2) is 37.3 Å². The standard InChI is InChI=1S/C19H13Cl2N5O4/c20-11-7-5-10(6-8-11)13-9-14(23-22-13)18(27)24-25-17(16(21)19(25)28)12-3-1-2-4-15(12)26(29)30/h1-9,16-17H,(H,22,23)(H,24,27)/t16-,17-/m1/s1. The maximum absolute atomic E-state index is 12.6. The minimum Gasteiger partial charge on any atom is -0.272 e. The molecule has 0 aliphatic carbocycles. The number of nitrogens with one attached hydrogen (secondary N) is 2. The molecule has 1 saturated heterocycles. The number of aromatic amines is 1. The Hall–Kier alpha value is -3.43. The molecule has 0 radical (unpaired) electrons. The first-order valence-corrected chi connectivity index (χ1v) is 9.51. The molecule has 9 nitrogen and oxygen atoms in total. The van der Waals surface area contributed by atoms with E-state index in [0.29, 0.717) is 10.7 Å². The number of hydrogen-bond acceptors (Lipinski definition) is 5. The fourth-order valence-corrected chi connectivity index (χ4v) is 3.63. The minimum atomic E-state index is -1.03. The molecule has 4 rings (SSSR count). The van der Waals surface area contributed by atoms with Crippen LogP contribution in [0.25, 0.3) is 11.3 Å². The van der Waals surface area contributed by atoms with Gasteiger partial charge in [0.2, 0.25) is 0 Å². The van der Waals surface area contributed by atoms with E-state index < -0.39 is 28.2 Å². The average Bonchev–Trinajstić information content (AvgIpc) is 3.24. The normalized spacial score (nSPS) is 18.1. The second-order valence-electron chi connectivity index (χ2n) is 6.49. The molecule has 0 unspecified atom stereocenters. The Labute approximate surface area is 179 Å². The Morgan fingerprint density at radius 1 is 1.20 bits per heavy atom. The number of alkyl halides is 1. The van der Waals surface area contributed by atoms with Gasteiger partial charge in [-0.3, -0.25) is 30.2 Å². The van der Waals surface area contributed by atoms with Gasteiger partial charge in [0.15, 0.2) is 0 Å². The quantitative estimate of drug-likeness (QED) is 0.269. The van der Waals surface area contributed by atoms with Gasteiger partial charge in [-0.1, -0.05) is 35.9 Å². The van der Waals surface area contributed by atoms with Crippen LogP contribution in [0.3, 0.4) is 0 Å². The van der Waals surface area contributed by atoms with Crippen LogP contribution in [0.1, 0.15) is 22.1 Å². The largest absolute Gasteiger partial charge is 0.287 e. The number of nitro benzene ring substituents is 1. The highest BCUT2D eigenvalue weighted by Gasteiger charge is 2.50. The maximum atomic E-state index is 12.6. The Kier molecular flexibility index (Phi) is 5.15. The maximum Gasteiger partial charge on any atom is 0.287 e. The van der Waals surface area contributed by atoms with Crippen molar-refractivity contribution in [2.45, 2.75) is 11.4 Å². The molecule has 1 aliphatic heterocycles. The lowest BCUT2D eigenvalue weighted by Crippen LogP contribution is -2.63. The van der Waals surface area contributed by atoms with Gasteiger partial charge in [0.05, 0.1) is 16.2 Å². The smallest absolute Gasteiger partial charge is 0.272 e. The molecule has 0 spiro atoms. The predicted molar refractivity (Wildman–Crippen MR) is 109 cm³/mol. The summed E-state index contributed by atoms with van der Waals surface area (Å²) in [6, 6.07) is 13.5. The van der Waals surface area contributed by atoms with Crippen LogP contribution < -0.4 is 5.43 Å². The van der Waals surface area contributed by atoms with E-state index in [-0.39, 0.29) is 16.9 Å². The van der Waals surface area contributed by atoms with E-state index >= 15 is 0 Å². The molecule has 2 aromatic carbocycles. The van der Waals surface area contributed by atoms with E-state index in [1.54, 1.807) is 30.3 Å². The summed E-state index contributed by atoms with van der Waals surface area (Å²) in [6.07, 6.45) is 0. The molecule has 30 heavy (non-hydrogen) atoms. The second-order valence-corrected chi connectivity index (χ2v) is 7.39. The monoisotopic (exact) mass is 445 g/mol. The Bertz CT molecular complexity index is 1150. The number of benzene rings is 2. The first-order valence-electron chi connectivity index (χ1n) is 8.69. The minimum absolute atomic E-state index is 0.104. The fraction of sp³-hybridized carbons (Fsp3) is 0.105. The number of β-lactam (4-membered cyclic amide) rings is 1. The summed E-state index contributed by atoms with van der Waals surface area (Å²) in [5, 5.41) is 18.5. The zero-order valence-electron chi connectivity index (χ0n) is 15.1. The van der Waals surface area contributed by atoms with E-state index in [1.165, 1.54) is 24.3 Å². The predicted octanol–water partition coefficient (Wildman–Crippen LogP) is 3.47. The van der Waals surface area contributed by atoms with Crippen molar-refractivity contribution in [1.29, 1.82) is 0 Å². The highest BCUT2D eigenvalue weighted by Crippen LogP contribution is 2.40. The third kappa shape index (κ3) is 3.49. The van der Waals surface area contributed by atoms with Crippen molar-refractivity contribution in [3.05, 3.63) is 81.0 Å². The number of rotatable bonds is 5. The molecular weight excluding hydrogens is 433 g/mol. The number of para-hydroxylation sites is 1. The van der Waals surface area contributed by atoms with Gasteiger partial charge in [-0.15, -0.1) is 11.6 Å². The summed E-state index contributed by atoms with van der Waals surface area (Å²) in [6.45, 7) is 0. The molecule has 1 fully saturated rings. The summed E-state index contributed by atoms with van der Waals surface area (Å²) in [4.78, 5) is 35.6. The Balaban J connectivity index is 1.55. The SMILES string of the molecule is O=C(NN1C(=O)[C@H](Cl)[C@H]1c1ccccc1[N+](=O)[O-])c1cc(-c2ccc(Cl)cc2)n[nH]1. The Morgan fingerprint density at radius 3 is 2.60 bits per heavy atom. The fourth-order valence-electron chi connectivity index (χ4n) is 3.16. The molecule has 3 aromatic rings. The number of carbonyl (C=O) groups is 2. The van der Waals surface area contributed by atoms with E-state index in [0.717, 1.165) is 10.6 Å². The molecule has 1 aromatic heterocycles. The van der Waals surface area contributed by atoms with Crippen molar-refractivity contribution in [1.82, 2.24) is 20.6 Å². The van der Waals surface area contributed by atoms with Crippen molar-refractivity contribution in [3.8, 4) is 11.3 Å². The number of amides is 2. The summed E-state index contributed by atoms with van der Waals surface area (Å²) >= 11 is 12.0. The van der Waals surface area contributed by atoms with Crippen LogP contribution in [-0.2, 0) is 4.79 Å². The molecule has 1 aliphatic rings. The number of halogens is 2. The van der Waals surface area contributed by atoms with Crippen LogP contribution in [0.2, 0.25) is 5.02 Å². The van der Waals surface area contributed by atoms with Crippen LogP contribution >= 0.6 is 23.2 Å². The van der Waals surface area contributed by atoms with Gasteiger partial charge < -0.3 is 0 Å². The molecule has 0 bridgehead atoms. The highest BCUT2D eigenvalue weighted by molar-refractivity contribution is 6.33. The van der Waals surface area contributed by atoms with Gasteiger partial charge in [-0.25, -0.2) is 5.01 Å². The average molecular weight is 446 g/mol. The van der Waals surface area contributed by atoms with Gasteiger partial charge >= 0.3 is 0 Å². The lowest BCUT2D eigenvalue weighted by Gasteiger charge is -2.43. The summed E-state index contributed by atoms with van der Waals surface area (Å²) in [5.74, 6) is -1.20. The Morgan fingerprint density at radius 2 is 1.90 bits per heavy atom. The highest BCUT2D eigenvalue weighted by atomic mass is 35.5. The first-order chi connectivity index (χ1) is 14.4. The molecule has 2 amide bonds. The zero-order chi connectivity index (χ0) is 21.4. The lowest BCUT2D eigenvalue weighted by atomic mass is 9.94. The molecule has 2 heterocycles. The molecule has 2 N–H and O–H groups in total. The number of carbonyl (C=O) groups excluding carboxylic acids is 2. The van der Waals surface area contributed by atoms with Gasteiger partial charge in [-0.05, 0) is 24.3 Å². The second kappa shape index (κ2) is 7.77. The third-order valence-corrected chi connectivity index (χ3v) is 5.34. The topological polar surface area (TPSA) is 121 Å². The van der Waals surface area contributed by atoms with Crippen molar-refractivity contribution in [2.75, 3.05) is 0 Å². The molecule has 0 saturated carbocycles. The van der Waals surface area contributed by atoms with Gasteiger partial charge in [0, 0.05) is 16.7 Å². The number of hydrogen-bond donors (Lipinski definition) is 2. The van der Waals surface area contributed by atoms with Gasteiger partial charge in [-0.2, -0.15) is 5.10 Å². The van der Waals surface area contributed by atoms with Crippen LogP contribution in [0.15, 0.2) is 54.6 Å². The van der Waals surface area contributed by atoms with Crippen molar-refractivity contribution < 1.29 is 14.5 Å². The zero-order valence-corrected chi connectivity index (χ0v) is 16.6. The third-order valence-electron chi connectivity index (χ3n) is 4.67. The van der Waals surface area contributed by atoms with Crippen molar-refractivity contribution in [3.63, 3.8) is 0 Å². The summed E-state index contributed by atoms with van der Waals surface area (Å²) in [5.41, 5.74) is 3.85. The number of nitrogens with zero attached hydrogens (tertiary/aromatic N) is 3. The summed E-state index contributed by atoms with van der Waals surface area (Å²) in [7, 11) is 0. The van der Waals surface area contributed by atoms with E-state index in [9.17, 15) is 19.7 Å². The lowest BCUT2D eigenvalue weighted by molar-refractivity contribution is -0.386. The van der Waals surface area contributed by atoms with Gasteiger partial charge in [0.1, 0.15) is 17.1 Å². The summed E-state index contributed by atoms with van der Waals surface area (Å²) < 4.78 is 0. The van der Waals surface area contributed by atoms with E-state index in [1.807, 2.05) is 0 Å². The van der Waals surface area contributed by atoms with Crippen LogP contribution in [0.4, 0.5) is 5.69 Å². The van der Waals surface area contributed by atoms with E-state index in [2.05, 4.69) is 15.6 Å². The molecule has 2 atom stereocenters. The van der Waals surface area contributed by atoms with Crippen LogP contribution in [0, 0.1) is 10.1 Å². The number of H-pyrrole nitrogens is 1. The molecule has 152 valence electrons. The van der Waals surface area contributed by atoms with Gasteiger partial charge in [0.25, 0.3) is 17.5 Å². The first kappa shape index (κ1) is 19.9. The molecular formula is C19H13Cl2N5O4. The molecule has 11 heteroatoms. The number of nitro groups is 1.